The Morgan fingerprint density at radius 2 is 2.00 bits per heavy atom. The summed E-state index contributed by atoms with van der Waals surface area (Å²) in [4.78, 5) is 0. The Hall–Kier alpha value is -0.0900. The van der Waals surface area contributed by atoms with Crippen LogP contribution in [0.3, 0.4) is 0 Å². The number of sulfone groups is 1. The van der Waals surface area contributed by atoms with Gasteiger partial charge in [-0.15, -0.1) is 0 Å². The number of hydrogen-bond acceptors (Lipinski definition) is 3. The molecule has 0 saturated heterocycles. The van der Waals surface area contributed by atoms with Gasteiger partial charge in [0.1, 0.15) is 0 Å². The molecule has 0 bridgehead atoms. The van der Waals surface area contributed by atoms with Crippen molar-refractivity contribution >= 4 is 9.84 Å². The molecule has 0 aromatic carbocycles. The molecule has 1 saturated carbocycles. The van der Waals surface area contributed by atoms with Gasteiger partial charge in [0.2, 0.25) is 0 Å². The molecule has 1 aliphatic rings. The molecule has 3 nitrogen and oxygen atoms in total. The van der Waals surface area contributed by atoms with E-state index in [4.69, 9.17) is 5.73 Å². The van der Waals surface area contributed by atoms with Crippen molar-refractivity contribution in [1.82, 2.24) is 0 Å². The van der Waals surface area contributed by atoms with E-state index in [1.807, 2.05) is 0 Å². The molecule has 0 heterocycles. The summed E-state index contributed by atoms with van der Waals surface area (Å²) in [6, 6.07) is 0. The van der Waals surface area contributed by atoms with E-state index >= 15 is 0 Å². The molecule has 0 aromatic heterocycles. The Kier molecular flexibility index (Phi) is 2.01. The van der Waals surface area contributed by atoms with Crippen LogP contribution < -0.4 is 5.73 Å². The quantitative estimate of drug-likeness (QED) is 0.653. The van der Waals surface area contributed by atoms with Crippen LogP contribution in [-0.4, -0.2) is 26.0 Å². The van der Waals surface area contributed by atoms with Gasteiger partial charge in [-0.1, -0.05) is 6.92 Å². The maximum Gasteiger partial charge on any atom is 0.154 e. The van der Waals surface area contributed by atoms with Crippen molar-refractivity contribution in [2.75, 3.05) is 12.8 Å². The third-order valence-electron chi connectivity index (χ3n) is 2.60. The largest absolute Gasteiger partial charge is 0.329 e. The highest BCUT2D eigenvalue weighted by atomic mass is 32.2. The van der Waals surface area contributed by atoms with Crippen molar-refractivity contribution < 1.29 is 8.42 Å². The first-order valence-electron chi connectivity index (χ1n) is 3.81. The predicted molar refractivity (Wildman–Crippen MR) is 45.0 cm³/mol. The van der Waals surface area contributed by atoms with Crippen LogP contribution in [0.5, 0.6) is 0 Å². The molecule has 0 radical (unpaired) electrons. The predicted octanol–water partition coefficient (Wildman–Crippen LogP) is 0.158. The first-order valence-corrected chi connectivity index (χ1v) is 5.70. The van der Waals surface area contributed by atoms with Crippen LogP contribution in [0, 0.1) is 5.92 Å². The van der Waals surface area contributed by atoms with Gasteiger partial charge in [-0.05, 0) is 18.8 Å². The molecular formula is C7H15NO2S. The highest BCUT2D eigenvalue weighted by molar-refractivity contribution is 7.92. The van der Waals surface area contributed by atoms with Crippen LogP contribution >= 0.6 is 0 Å². The molecule has 1 fully saturated rings. The van der Waals surface area contributed by atoms with E-state index in [0.29, 0.717) is 5.92 Å². The van der Waals surface area contributed by atoms with Gasteiger partial charge < -0.3 is 5.73 Å². The summed E-state index contributed by atoms with van der Waals surface area (Å²) in [5, 5.41) is 0. The zero-order valence-electron chi connectivity index (χ0n) is 7.00. The standard InChI is InChI=1S/C7H15NO2S/c1-6-3-7(4-6,5-8)11(2,9)10/h6H,3-5,8H2,1-2H3. The molecular weight excluding hydrogens is 162 g/mol. The van der Waals surface area contributed by atoms with Crippen molar-refractivity contribution in [2.24, 2.45) is 11.7 Å². The fourth-order valence-electron chi connectivity index (χ4n) is 1.83. The van der Waals surface area contributed by atoms with Crippen molar-refractivity contribution in [3.63, 3.8) is 0 Å². The lowest BCUT2D eigenvalue weighted by molar-refractivity contribution is 0.243. The third kappa shape index (κ3) is 1.29. The molecule has 0 amide bonds. The lowest BCUT2D eigenvalue weighted by Gasteiger charge is -2.43. The van der Waals surface area contributed by atoms with E-state index in [0.717, 1.165) is 12.8 Å². The number of nitrogens with two attached hydrogens (primary N) is 1. The highest BCUT2D eigenvalue weighted by Gasteiger charge is 2.48. The van der Waals surface area contributed by atoms with Gasteiger partial charge in [0, 0.05) is 12.8 Å². The fraction of sp³-hybridized carbons (Fsp3) is 1.00. The maximum atomic E-state index is 11.2. The monoisotopic (exact) mass is 177 g/mol. The average molecular weight is 177 g/mol. The topological polar surface area (TPSA) is 60.2 Å². The third-order valence-corrected chi connectivity index (χ3v) is 4.67. The second-order valence-electron chi connectivity index (χ2n) is 3.67. The Balaban J connectivity index is 2.82. The molecule has 1 aliphatic carbocycles. The zero-order valence-corrected chi connectivity index (χ0v) is 7.82. The summed E-state index contributed by atoms with van der Waals surface area (Å²) in [6.45, 7) is 2.33. The highest BCUT2D eigenvalue weighted by Crippen LogP contribution is 2.42. The molecule has 0 aromatic rings. The zero-order chi connectivity index (χ0) is 8.70. The number of rotatable bonds is 2. The second-order valence-corrected chi connectivity index (χ2v) is 6.08. The van der Waals surface area contributed by atoms with Crippen LogP contribution in [-0.2, 0) is 9.84 Å². The normalized spacial score (nSPS) is 38.3. The van der Waals surface area contributed by atoms with E-state index in [1.165, 1.54) is 6.26 Å². The smallest absolute Gasteiger partial charge is 0.154 e. The van der Waals surface area contributed by atoms with Gasteiger partial charge in [-0.2, -0.15) is 0 Å². The van der Waals surface area contributed by atoms with Crippen LogP contribution in [0.25, 0.3) is 0 Å². The minimum absolute atomic E-state index is 0.274. The van der Waals surface area contributed by atoms with E-state index in [-0.39, 0.29) is 6.54 Å². The summed E-state index contributed by atoms with van der Waals surface area (Å²) in [5.74, 6) is 0.522. The average Bonchev–Trinajstić information content (AvgIpc) is 1.77. The van der Waals surface area contributed by atoms with Crippen molar-refractivity contribution in [2.45, 2.75) is 24.5 Å². The first kappa shape index (κ1) is 9.00. The van der Waals surface area contributed by atoms with Gasteiger partial charge in [0.05, 0.1) is 4.75 Å². The molecule has 4 heteroatoms. The molecule has 1 rings (SSSR count). The lowest BCUT2D eigenvalue weighted by atomic mass is 9.75. The van der Waals surface area contributed by atoms with Crippen molar-refractivity contribution in [3.8, 4) is 0 Å². The van der Waals surface area contributed by atoms with Gasteiger partial charge in [0.25, 0.3) is 0 Å². The summed E-state index contributed by atoms with van der Waals surface area (Å²) in [5.41, 5.74) is 5.44. The van der Waals surface area contributed by atoms with Gasteiger partial charge >= 0.3 is 0 Å². The lowest BCUT2D eigenvalue weighted by Crippen LogP contribution is -2.54. The molecule has 0 spiro atoms. The summed E-state index contributed by atoms with van der Waals surface area (Å²) >= 11 is 0. The second kappa shape index (κ2) is 2.45. The fourth-order valence-corrected chi connectivity index (χ4v) is 3.31. The summed E-state index contributed by atoms with van der Waals surface area (Å²) in [6.07, 6.45) is 2.76. The maximum absolute atomic E-state index is 11.2. The van der Waals surface area contributed by atoms with Crippen LogP contribution in [0.2, 0.25) is 0 Å². The van der Waals surface area contributed by atoms with Crippen LogP contribution in [0.15, 0.2) is 0 Å². The van der Waals surface area contributed by atoms with E-state index in [1.54, 1.807) is 0 Å². The molecule has 0 aliphatic heterocycles. The van der Waals surface area contributed by atoms with Gasteiger partial charge in [-0.25, -0.2) is 8.42 Å². The molecule has 2 N–H and O–H groups in total. The van der Waals surface area contributed by atoms with Crippen molar-refractivity contribution in [3.05, 3.63) is 0 Å². The first-order chi connectivity index (χ1) is 4.91. The van der Waals surface area contributed by atoms with E-state index < -0.39 is 14.6 Å². The van der Waals surface area contributed by atoms with Crippen LogP contribution in [0.1, 0.15) is 19.8 Å². The minimum atomic E-state index is -2.94. The van der Waals surface area contributed by atoms with E-state index in [9.17, 15) is 8.42 Å². The van der Waals surface area contributed by atoms with E-state index in [2.05, 4.69) is 6.92 Å². The summed E-state index contributed by atoms with van der Waals surface area (Å²) < 4.78 is 21.9. The molecule has 0 atom stereocenters. The Bertz CT molecular complexity index is 239. The minimum Gasteiger partial charge on any atom is -0.329 e. The Labute approximate surface area is 67.9 Å². The van der Waals surface area contributed by atoms with Gasteiger partial charge in [-0.3, -0.25) is 0 Å². The number of hydrogen-bond donors (Lipinski definition) is 1. The summed E-state index contributed by atoms with van der Waals surface area (Å²) in [7, 11) is -2.94. The SMILES string of the molecule is CC1CC(CN)(S(C)(=O)=O)C1. The molecule has 66 valence electrons. The van der Waals surface area contributed by atoms with Crippen molar-refractivity contribution in [1.29, 1.82) is 0 Å². The Morgan fingerprint density at radius 1 is 1.55 bits per heavy atom. The van der Waals surface area contributed by atoms with Gasteiger partial charge in [0.15, 0.2) is 9.84 Å². The molecule has 0 unspecified atom stereocenters. The Morgan fingerprint density at radius 3 is 2.09 bits per heavy atom. The van der Waals surface area contributed by atoms with Crippen LogP contribution in [0.4, 0.5) is 0 Å². The molecule has 11 heavy (non-hydrogen) atoms.